The van der Waals surface area contributed by atoms with E-state index in [-0.39, 0.29) is 27.6 Å². The molecule has 32 heavy (non-hydrogen) atoms. The number of nitrogens with zero attached hydrogens (tertiary/aromatic N) is 2. The molecule has 0 spiro atoms. The molecule has 4 rings (SSSR count). The molecule has 0 bridgehead atoms. The van der Waals surface area contributed by atoms with Crippen LogP contribution in [0, 0.1) is 0 Å². The summed E-state index contributed by atoms with van der Waals surface area (Å²) in [6, 6.07) is 10.4. The standard InChI is InChI=1S/C23H25N3O5S/c1-25-22(28)19-13-8-15(14-20(19)23(25)29)21(27)24-16-9-11-18(12-10-16)32(30,31)26(2)17-6-4-3-5-7-17/h8-14,17H,3-7H2,1-2H3,(H,24,27). The van der Waals surface area contributed by atoms with Crippen LogP contribution >= 0.6 is 0 Å². The molecule has 168 valence electrons. The highest BCUT2D eigenvalue weighted by Gasteiger charge is 2.33. The van der Waals surface area contributed by atoms with Crippen LogP contribution in [0.4, 0.5) is 5.69 Å². The quantitative estimate of drug-likeness (QED) is 0.698. The lowest BCUT2D eigenvalue weighted by atomic mass is 9.96. The normalized spacial score (nSPS) is 17.0. The Hall–Kier alpha value is -3.04. The molecule has 2 aliphatic rings. The molecule has 2 aromatic carbocycles. The molecule has 8 nitrogen and oxygen atoms in total. The summed E-state index contributed by atoms with van der Waals surface area (Å²) in [4.78, 5) is 38.0. The molecule has 1 heterocycles. The summed E-state index contributed by atoms with van der Waals surface area (Å²) < 4.78 is 27.4. The fourth-order valence-corrected chi connectivity index (χ4v) is 5.64. The highest BCUT2D eigenvalue weighted by Crippen LogP contribution is 2.27. The minimum atomic E-state index is -3.61. The molecule has 0 aromatic heterocycles. The van der Waals surface area contributed by atoms with Gasteiger partial charge < -0.3 is 5.32 Å². The number of carbonyl (C=O) groups is 3. The lowest BCUT2D eigenvalue weighted by Gasteiger charge is -2.30. The van der Waals surface area contributed by atoms with Gasteiger partial charge in [0.1, 0.15) is 0 Å². The molecule has 3 amide bonds. The van der Waals surface area contributed by atoms with Crippen LogP contribution in [0.25, 0.3) is 0 Å². The molecule has 1 aliphatic carbocycles. The highest BCUT2D eigenvalue weighted by molar-refractivity contribution is 7.89. The van der Waals surface area contributed by atoms with Gasteiger partial charge in [0.05, 0.1) is 16.0 Å². The second-order valence-electron chi connectivity index (χ2n) is 8.22. The zero-order valence-corrected chi connectivity index (χ0v) is 18.8. The molecule has 1 fully saturated rings. The van der Waals surface area contributed by atoms with E-state index < -0.39 is 27.7 Å². The van der Waals surface area contributed by atoms with Gasteiger partial charge in [0.25, 0.3) is 17.7 Å². The topological polar surface area (TPSA) is 104 Å². The van der Waals surface area contributed by atoms with Gasteiger partial charge in [-0.25, -0.2) is 8.42 Å². The van der Waals surface area contributed by atoms with E-state index >= 15 is 0 Å². The van der Waals surface area contributed by atoms with Gasteiger partial charge in [0.2, 0.25) is 10.0 Å². The summed E-state index contributed by atoms with van der Waals surface area (Å²) in [5.74, 6) is -1.30. The Morgan fingerprint density at radius 3 is 2.25 bits per heavy atom. The first-order chi connectivity index (χ1) is 15.2. The van der Waals surface area contributed by atoms with Gasteiger partial charge >= 0.3 is 0 Å². The number of anilines is 1. The van der Waals surface area contributed by atoms with Crippen molar-refractivity contribution in [2.75, 3.05) is 19.4 Å². The number of fused-ring (bicyclic) bond motifs is 1. The smallest absolute Gasteiger partial charge is 0.261 e. The maximum atomic E-state index is 13.0. The fraction of sp³-hybridized carbons (Fsp3) is 0.348. The lowest BCUT2D eigenvalue weighted by Crippen LogP contribution is -2.38. The van der Waals surface area contributed by atoms with Crippen LogP contribution in [-0.4, -0.2) is 55.5 Å². The van der Waals surface area contributed by atoms with Crippen molar-refractivity contribution in [1.82, 2.24) is 9.21 Å². The summed E-state index contributed by atoms with van der Waals surface area (Å²) in [5, 5.41) is 2.70. The molecule has 0 atom stereocenters. The van der Waals surface area contributed by atoms with Crippen LogP contribution in [0.15, 0.2) is 47.4 Å². The maximum absolute atomic E-state index is 13.0. The number of benzene rings is 2. The summed E-state index contributed by atoms with van der Waals surface area (Å²) in [6.07, 6.45) is 4.95. The lowest BCUT2D eigenvalue weighted by molar-refractivity contribution is 0.0693. The van der Waals surface area contributed by atoms with Gasteiger partial charge in [-0.2, -0.15) is 4.31 Å². The van der Waals surface area contributed by atoms with Crippen molar-refractivity contribution in [2.24, 2.45) is 0 Å². The van der Waals surface area contributed by atoms with E-state index in [1.165, 1.54) is 53.8 Å². The summed E-state index contributed by atoms with van der Waals surface area (Å²) in [7, 11) is -0.595. The van der Waals surface area contributed by atoms with Crippen LogP contribution in [-0.2, 0) is 10.0 Å². The Morgan fingerprint density at radius 2 is 1.59 bits per heavy atom. The Balaban J connectivity index is 1.48. The van der Waals surface area contributed by atoms with E-state index in [0.29, 0.717) is 5.69 Å². The fourth-order valence-electron chi connectivity index (χ4n) is 4.22. The summed E-state index contributed by atoms with van der Waals surface area (Å²) in [5.41, 5.74) is 1.12. The van der Waals surface area contributed by atoms with E-state index in [1.54, 1.807) is 7.05 Å². The molecule has 1 saturated carbocycles. The second kappa shape index (κ2) is 8.48. The number of carbonyl (C=O) groups excluding carboxylic acids is 3. The zero-order chi connectivity index (χ0) is 23.0. The van der Waals surface area contributed by atoms with Gasteiger partial charge in [-0.05, 0) is 55.3 Å². The Labute approximate surface area is 187 Å². The van der Waals surface area contributed by atoms with Crippen LogP contribution in [0.3, 0.4) is 0 Å². The molecule has 9 heteroatoms. The van der Waals surface area contributed by atoms with Crippen molar-refractivity contribution in [3.63, 3.8) is 0 Å². The maximum Gasteiger partial charge on any atom is 0.261 e. The third-order valence-electron chi connectivity index (χ3n) is 6.23. The van der Waals surface area contributed by atoms with Crippen LogP contribution < -0.4 is 5.32 Å². The van der Waals surface area contributed by atoms with Crippen LogP contribution in [0.5, 0.6) is 0 Å². The first-order valence-electron chi connectivity index (χ1n) is 10.6. The third kappa shape index (κ3) is 3.93. The molecular weight excluding hydrogens is 430 g/mol. The first-order valence-corrected chi connectivity index (χ1v) is 12.0. The number of hydrogen-bond donors (Lipinski definition) is 1. The zero-order valence-electron chi connectivity index (χ0n) is 18.0. The van der Waals surface area contributed by atoms with Gasteiger partial charge in [0.15, 0.2) is 0 Å². The Kier molecular flexibility index (Phi) is 5.87. The number of imide groups is 1. The van der Waals surface area contributed by atoms with Gasteiger partial charge in [0, 0.05) is 31.4 Å². The van der Waals surface area contributed by atoms with E-state index in [9.17, 15) is 22.8 Å². The van der Waals surface area contributed by atoms with Crippen molar-refractivity contribution in [3.8, 4) is 0 Å². The van der Waals surface area contributed by atoms with Gasteiger partial charge in [-0.1, -0.05) is 19.3 Å². The Morgan fingerprint density at radius 1 is 0.969 bits per heavy atom. The molecule has 1 N–H and O–H groups in total. The monoisotopic (exact) mass is 455 g/mol. The highest BCUT2D eigenvalue weighted by atomic mass is 32.2. The minimum Gasteiger partial charge on any atom is -0.322 e. The number of nitrogens with one attached hydrogen (secondary N) is 1. The molecule has 0 radical (unpaired) electrons. The molecule has 2 aromatic rings. The largest absolute Gasteiger partial charge is 0.322 e. The van der Waals surface area contributed by atoms with Crippen LogP contribution in [0.2, 0.25) is 0 Å². The number of amides is 3. The Bertz CT molecular complexity index is 1180. The van der Waals surface area contributed by atoms with E-state index in [4.69, 9.17) is 0 Å². The minimum absolute atomic E-state index is 0.0153. The molecule has 1 aliphatic heterocycles. The second-order valence-corrected chi connectivity index (χ2v) is 10.2. The first kappa shape index (κ1) is 22.2. The average molecular weight is 456 g/mol. The van der Waals surface area contributed by atoms with E-state index in [0.717, 1.165) is 37.0 Å². The molecular formula is C23H25N3O5S. The predicted molar refractivity (Wildman–Crippen MR) is 119 cm³/mol. The van der Waals surface area contributed by atoms with E-state index in [1.807, 2.05) is 0 Å². The summed E-state index contributed by atoms with van der Waals surface area (Å²) in [6.45, 7) is 0. The van der Waals surface area contributed by atoms with E-state index in [2.05, 4.69) is 5.32 Å². The number of hydrogen-bond acceptors (Lipinski definition) is 5. The van der Waals surface area contributed by atoms with Crippen molar-refractivity contribution >= 4 is 33.4 Å². The summed E-state index contributed by atoms with van der Waals surface area (Å²) >= 11 is 0. The number of sulfonamides is 1. The molecule has 0 saturated heterocycles. The predicted octanol–water partition coefficient (Wildman–Crippen LogP) is 3.12. The van der Waals surface area contributed by atoms with Crippen molar-refractivity contribution in [3.05, 3.63) is 59.2 Å². The number of rotatable bonds is 5. The van der Waals surface area contributed by atoms with Gasteiger partial charge in [-0.3, -0.25) is 19.3 Å². The van der Waals surface area contributed by atoms with Crippen LogP contribution in [0.1, 0.15) is 63.2 Å². The third-order valence-corrected chi connectivity index (χ3v) is 8.15. The molecule has 0 unspecified atom stereocenters. The van der Waals surface area contributed by atoms with Gasteiger partial charge in [-0.15, -0.1) is 0 Å². The van der Waals surface area contributed by atoms with Crippen molar-refractivity contribution < 1.29 is 22.8 Å². The SMILES string of the molecule is CN1C(=O)c2ccc(C(=O)Nc3ccc(S(=O)(=O)N(C)C4CCCCC4)cc3)cc2C1=O. The average Bonchev–Trinajstić information content (AvgIpc) is 3.03. The van der Waals surface area contributed by atoms with Crippen molar-refractivity contribution in [2.45, 2.75) is 43.0 Å². The van der Waals surface area contributed by atoms with Crippen molar-refractivity contribution in [1.29, 1.82) is 0 Å².